The molecule has 4 aliphatic heterocycles. The Hall–Kier alpha value is -11.5. The molecule has 100 heavy (non-hydrogen) atoms. The molecule has 16 aromatic rings. The molecule has 0 radical (unpaired) electrons. The van der Waals surface area contributed by atoms with Crippen LogP contribution in [-0.4, -0.2) is 0 Å². The van der Waals surface area contributed by atoms with E-state index in [1.807, 2.05) is 0 Å². The molecule has 0 atom stereocenters. The molecule has 0 spiro atoms. The first-order valence-electron chi connectivity index (χ1n) is 35.3. The molecule has 480 valence electrons. The maximum Gasteiger partial charge on any atom is 0.293 e. The number of hydrogen-bond donors (Lipinski definition) is 0. The van der Waals surface area contributed by atoms with Crippen LogP contribution in [0.2, 0.25) is 0 Å². The van der Waals surface area contributed by atoms with Gasteiger partial charge in [0.25, 0.3) is 26.9 Å². The van der Waals surface area contributed by atoms with Gasteiger partial charge in [-0.25, -0.2) is 0 Å². The van der Waals surface area contributed by atoms with Crippen molar-refractivity contribution in [1.82, 2.24) is 0 Å². The van der Waals surface area contributed by atoms with Crippen LogP contribution in [0, 0.1) is 0 Å². The van der Waals surface area contributed by atoms with E-state index in [4.69, 9.17) is 18.9 Å². The van der Waals surface area contributed by atoms with E-state index < -0.39 is 0 Å². The molecule has 0 bridgehead atoms. The summed E-state index contributed by atoms with van der Waals surface area (Å²) in [5.41, 5.74) is 25.2. The van der Waals surface area contributed by atoms with Crippen LogP contribution >= 0.6 is 0 Å². The Morgan fingerprint density at radius 3 is 0.950 bits per heavy atom. The Labute approximate surface area is 579 Å². The quantitative estimate of drug-likeness (QED) is 0.112. The SMILES string of the molecule is CC1(C)c2cc3ccccc3c3c2-c2c1cc1cc4ccccc4cc1[n+]2CO3.CC1(C)c2cc3ccccc3c3c2-c2c1cc1ccccc1[n+]2CO3.CC1(C)c2cc3ccccc3c3c2-c2c1cc1ccccc1[n+]2CO3.CC1(C)c2cc3ccccc3c3c2-c2c1ccc[n+]2CO3. The van der Waals surface area contributed by atoms with Crippen LogP contribution in [0.25, 0.3) is 132 Å². The first-order chi connectivity index (χ1) is 48.6. The summed E-state index contributed by atoms with van der Waals surface area (Å²) in [6.07, 6.45) is 2.11. The van der Waals surface area contributed by atoms with Crippen LogP contribution in [0.5, 0.6) is 23.0 Å². The Morgan fingerprint density at radius 1 is 0.240 bits per heavy atom. The summed E-state index contributed by atoms with van der Waals surface area (Å²) in [6, 6.07) is 85.7. The third-order valence-electron chi connectivity index (χ3n) is 23.9. The molecule has 8 heterocycles. The highest BCUT2D eigenvalue weighted by atomic mass is 16.5. The predicted octanol–water partition coefficient (Wildman–Crippen LogP) is 19.7. The van der Waals surface area contributed by atoms with Gasteiger partial charge < -0.3 is 18.9 Å². The van der Waals surface area contributed by atoms with Crippen molar-refractivity contribution in [3.8, 4) is 68.0 Å². The minimum Gasteiger partial charge on any atom is -0.434 e. The Bertz CT molecular complexity index is 6050. The topological polar surface area (TPSA) is 52.4 Å². The van der Waals surface area contributed by atoms with Gasteiger partial charge in [-0.15, -0.1) is 0 Å². The minimum absolute atomic E-state index is 0.0249. The van der Waals surface area contributed by atoms with Crippen LogP contribution in [0.1, 0.15) is 99.9 Å². The fraction of sp³-hybridized carbons (Fsp3) is 0.174. The number of fused-ring (bicyclic) bond motifs is 15. The van der Waals surface area contributed by atoms with Crippen molar-refractivity contribution in [3.63, 3.8) is 0 Å². The third-order valence-corrected chi connectivity index (χ3v) is 23.9. The molecule has 24 rings (SSSR count). The molecule has 8 nitrogen and oxygen atoms in total. The van der Waals surface area contributed by atoms with Gasteiger partial charge in [0.2, 0.25) is 39.3 Å². The van der Waals surface area contributed by atoms with Gasteiger partial charge in [-0.3, -0.25) is 0 Å². The van der Waals surface area contributed by atoms with E-state index in [0.29, 0.717) is 26.9 Å². The van der Waals surface area contributed by atoms with Crippen LogP contribution in [0.4, 0.5) is 0 Å². The van der Waals surface area contributed by atoms with E-state index in [0.717, 1.165) is 23.0 Å². The molecule has 0 saturated heterocycles. The number of pyridine rings is 4. The molecular weight excluding hydrogens is 1230 g/mol. The number of para-hydroxylation sites is 2. The van der Waals surface area contributed by atoms with Gasteiger partial charge in [0.05, 0.1) is 22.3 Å². The van der Waals surface area contributed by atoms with Crippen molar-refractivity contribution in [3.05, 3.63) is 287 Å². The van der Waals surface area contributed by atoms with Gasteiger partial charge in [-0.2, -0.15) is 18.3 Å². The van der Waals surface area contributed by atoms with Crippen molar-refractivity contribution in [2.45, 2.75) is 104 Å². The summed E-state index contributed by atoms with van der Waals surface area (Å²) < 4.78 is 34.6. The van der Waals surface area contributed by atoms with Gasteiger partial charge >= 0.3 is 0 Å². The molecular formula is C92H72N4O4+4. The maximum absolute atomic E-state index is 6.45. The highest BCUT2D eigenvalue weighted by Gasteiger charge is 2.51. The zero-order valence-electron chi connectivity index (χ0n) is 57.3. The molecule has 0 saturated carbocycles. The molecule has 8 aliphatic rings. The summed E-state index contributed by atoms with van der Waals surface area (Å²) >= 11 is 0. The van der Waals surface area contributed by atoms with Crippen molar-refractivity contribution >= 4 is 86.6 Å². The second-order valence-corrected chi connectivity index (χ2v) is 30.6. The normalized spacial score (nSPS) is 16.1. The van der Waals surface area contributed by atoms with Crippen LogP contribution < -0.4 is 37.2 Å². The third kappa shape index (κ3) is 7.65. The minimum atomic E-state index is -0.0568. The highest BCUT2D eigenvalue weighted by molar-refractivity contribution is 6.05. The molecule has 0 unspecified atom stereocenters. The van der Waals surface area contributed by atoms with Gasteiger partial charge in [0.1, 0.15) is 23.0 Å². The molecule has 4 aliphatic carbocycles. The Morgan fingerprint density at radius 2 is 0.540 bits per heavy atom. The lowest BCUT2D eigenvalue weighted by molar-refractivity contribution is -0.717. The number of ether oxygens (including phenoxy) is 4. The zero-order valence-corrected chi connectivity index (χ0v) is 57.3. The molecule has 0 fully saturated rings. The average Bonchev–Trinajstić information content (AvgIpc) is 1.55. The summed E-state index contributed by atoms with van der Waals surface area (Å²) in [4.78, 5) is 0. The van der Waals surface area contributed by atoms with Gasteiger partial charge in [-0.1, -0.05) is 201 Å². The van der Waals surface area contributed by atoms with Gasteiger partial charge in [0, 0.05) is 106 Å². The highest BCUT2D eigenvalue weighted by Crippen LogP contribution is 2.59. The van der Waals surface area contributed by atoms with Gasteiger partial charge in [-0.05, 0) is 121 Å². The predicted molar refractivity (Wildman–Crippen MR) is 399 cm³/mol. The number of aromatic nitrogens is 4. The monoisotopic (exact) mass is 1300 g/mol. The second-order valence-electron chi connectivity index (χ2n) is 30.6. The van der Waals surface area contributed by atoms with Crippen LogP contribution in [-0.2, 0) is 48.6 Å². The first kappa shape index (κ1) is 57.6. The van der Waals surface area contributed by atoms with Crippen molar-refractivity contribution < 1.29 is 37.2 Å². The van der Waals surface area contributed by atoms with E-state index in [1.54, 1.807) is 0 Å². The lowest BCUT2D eigenvalue weighted by Crippen LogP contribution is -2.42. The Kier molecular flexibility index (Phi) is 11.6. The summed E-state index contributed by atoms with van der Waals surface area (Å²) in [5, 5.41) is 16.3. The van der Waals surface area contributed by atoms with E-state index in [-0.39, 0.29) is 21.7 Å². The largest absolute Gasteiger partial charge is 0.434 e. The van der Waals surface area contributed by atoms with E-state index in [9.17, 15) is 0 Å². The van der Waals surface area contributed by atoms with Crippen molar-refractivity contribution in [2.24, 2.45) is 0 Å². The molecule has 8 heteroatoms. The second kappa shape index (κ2) is 20.1. The fourth-order valence-electron chi connectivity index (χ4n) is 18.7. The maximum atomic E-state index is 6.45. The standard InChI is InChI=1S/C27H20NO.2C23H18NO.C19H16NO/c1-27(2)21-12-18-9-5-6-10-20(18)26-24(21)25-22(27)13-19-11-16-7-3-4-8-17(16)14-23(19)28(25)15-29-26;2*1-23(2)17-11-14-7-3-5-9-16(14)22-20(17)21-18(23)12-15-8-4-6-10-19(15)24(21)13-25-22;1-19(2)14-8-5-9-20-11-21-18-13-7-4-3-6-12(13)10-15(19)16(18)17(14)20/h3-14H,15H2,1-2H3;2*3-12H,13H2,1-2H3;3-10H,11H2,1-2H3/q4*+1. The summed E-state index contributed by atoms with van der Waals surface area (Å²) in [6.45, 7) is 20.9. The average molecular weight is 1300 g/mol. The number of nitrogens with zero attached hydrogens (tertiary/aromatic N) is 4. The summed E-state index contributed by atoms with van der Waals surface area (Å²) in [5.74, 6) is 4.21. The van der Waals surface area contributed by atoms with E-state index >= 15 is 0 Å². The zero-order chi connectivity index (χ0) is 67.0. The lowest BCUT2D eigenvalue weighted by Gasteiger charge is -2.20. The van der Waals surface area contributed by atoms with Gasteiger partial charge in [0.15, 0.2) is 6.20 Å². The van der Waals surface area contributed by atoms with Crippen molar-refractivity contribution in [2.75, 3.05) is 0 Å². The summed E-state index contributed by atoms with van der Waals surface area (Å²) in [7, 11) is 0. The van der Waals surface area contributed by atoms with Crippen molar-refractivity contribution in [1.29, 1.82) is 0 Å². The van der Waals surface area contributed by atoms with E-state index in [1.165, 1.54) is 176 Å². The Balaban J connectivity index is 0.0000000878. The molecule has 4 aromatic heterocycles. The number of hydrogen-bond acceptors (Lipinski definition) is 4. The number of benzene rings is 12. The smallest absolute Gasteiger partial charge is 0.293 e. The van der Waals surface area contributed by atoms with E-state index in [2.05, 4.69) is 316 Å². The first-order valence-corrected chi connectivity index (χ1v) is 35.3. The molecule has 0 N–H and O–H groups in total. The fourth-order valence-corrected chi connectivity index (χ4v) is 18.7. The lowest BCUT2D eigenvalue weighted by atomic mass is 9.81. The molecule has 0 amide bonds. The molecule has 12 aromatic carbocycles. The van der Waals surface area contributed by atoms with Crippen LogP contribution in [0.15, 0.2) is 243 Å². The van der Waals surface area contributed by atoms with Crippen LogP contribution in [0.3, 0.4) is 0 Å². The number of rotatable bonds is 0.